The number of nitriles is 1. The highest BCUT2D eigenvalue weighted by atomic mass is 19.3. The molecule has 0 spiro atoms. The number of carbonyl (C=O) groups is 1. The van der Waals surface area contributed by atoms with Crippen LogP contribution in [0.1, 0.15) is 42.1 Å². The molecule has 8 nitrogen and oxygen atoms in total. The van der Waals surface area contributed by atoms with E-state index >= 15 is 0 Å². The Labute approximate surface area is 250 Å². The summed E-state index contributed by atoms with van der Waals surface area (Å²) in [7, 11) is 2.06. The number of hydrogen-bond acceptors (Lipinski definition) is 6. The van der Waals surface area contributed by atoms with Crippen LogP contribution in [0, 0.1) is 28.9 Å². The Bertz CT molecular complexity index is 1840. The van der Waals surface area contributed by atoms with Crippen molar-refractivity contribution in [3.05, 3.63) is 71.1 Å². The lowest BCUT2D eigenvalue weighted by Gasteiger charge is -2.30. The van der Waals surface area contributed by atoms with Crippen LogP contribution in [-0.2, 0) is 17.8 Å². The lowest BCUT2D eigenvalue weighted by Crippen LogP contribution is -2.38. The van der Waals surface area contributed by atoms with Crippen LogP contribution in [0.15, 0.2) is 42.6 Å². The van der Waals surface area contributed by atoms with Gasteiger partial charge in [0.25, 0.3) is 11.8 Å². The number of rotatable bonds is 6. The Morgan fingerprint density at radius 2 is 1.89 bits per heavy atom. The van der Waals surface area contributed by atoms with Crippen LogP contribution in [0.5, 0.6) is 5.75 Å². The molecule has 1 saturated carbocycles. The summed E-state index contributed by atoms with van der Waals surface area (Å²) in [6, 6.07) is 10.9. The van der Waals surface area contributed by atoms with Crippen molar-refractivity contribution in [1.82, 2.24) is 19.7 Å². The number of nitrogens with zero attached hydrogens (tertiary/aromatic N) is 6. The monoisotopic (exact) mass is 604 g/mol. The number of halogens is 4. The fourth-order valence-electron chi connectivity index (χ4n) is 6.26. The molecule has 4 aromatic rings. The van der Waals surface area contributed by atoms with Gasteiger partial charge < -0.3 is 14.5 Å². The number of likely N-dealkylation sites (tertiary alicyclic amines) is 1. The molecule has 1 unspecified atom stereocenters. The molecule has 3 aliphatic rings. The van der Waals surface area contributed by atoms with Gasteiger partial charge in [-0.2, -0.15) is 10.4 Å². The van der Waals surface area contributed by atoms with Crippen LogP contribution >= 0.6 is 0 Å². The summed E-state index contributed by atoms with van der Waals surface area (Å²) in [6.45, 7) is 1.50. The Morgan fingerprint density at radius 3 is 2.59 bits per heavy atom. The second-order valence-electron chi connectivity index (χ2n) is 11.8. The van der Waals surface area contributed by atoms with E-state index in [0.29, 0.717) is 44.9 Å². The van der Waals surface area contributed by atoms with Gasteiger partial charge in [0.2, 0.25) is 0 Å². The average Bonchev–Trinajstić information content (AvgIpc) is 3.39. The van der Waals surface area contributed by atoms with Crippen LogP contribution in [0.3, 0.4) is 0 Å². The molecule has 2 aliphatic heterocycles. The first kappa shape index (κ1) is 28.3. The van der Waals surface area contributed by atoms with Gasteiger partial charge in [-0.25, -0.2) is 27.2 Å². The quantitative estimate of drug-likeness (QED) is 0.265. The third-order valence-electron chi connectivity index (χ3n) is 8.88. The molecular weight excluding hydrogens is 576 g/mol. The smallest absolute Gasteiger partial charge is 0.265 e. The van der Waals surface area contributed by atoms with Gasteiger partial charge in [0.15, 0.2) is 23.9 Å². The normalized spacial score (nSPS) is 20.0. The minimum absolute atomic E-state index is 0.00220. The molecule has 2 fully saturated rings. The minimum atomic E-state index is -2.78. The zero-order valence-corrected chi connectivity index (χ0v) is 23.9. The third-order valence-corrected chi connectivity index (χ3v) is 8.88. The molecule has 226 valence electrons. The molecule has 1 aliphatic carbocycles. The number of anilines is 1. The number of alkyl halides is 2. The van der Waals surface area contributed by atoms with Crippen LogP contribution in [0.4, 0.5) is 23.2 Å². The van der Waals surface area contributed by atoms with Crippen molar-refractivity contribution >= 4 is 22.6 Å². The highest BCUT2D eigenvalue weighted by Crippen LogP contribution is 2.51. The Balaban J connectivity index is 1.32. The van der Waals surface area contributed by atoms with E-state index in [2.05, 4.69) is 23.1 Å². The molecule has 12 heteroatoms. The molecule has 0 N–H and O–H groups in total. The summed E-state index contributed by atoms with van der Waals surface area (Å²) in [5.41, 5.74) is 2.99. The maximum absolute atomic E-state index is 14.0. The predicted octanol–water partition coefficient (Wildman–Crippen LogP) is 5.64. The number of aromatic nitrogens is 3. The van der Waals surface area contributed by atoms with E-state index in [0.717, 1.165) is 38.1 Å². The van der Waals surface area contributed by atoms with Gasteiger partial charge in [-0.1, -0.05) is 12.1 Å². The summed E-state index contributed by atoms with van der Waals surface area (Å²) < 4.78 is 63.1. The lowest BCUT2D eigenvalue weighted by atomic mass is 9.94. The zero-order valence-electron chi connectivity index (χ0n) is 23.9. The van der Waals surface area contributed by atoms with Gasteiger partial charge in [0, 0.05) is 23.3 Å². The number of amides is 1. The van der Waals surface area contributed by atoms with E-state index in [-0.39, 0.29) is 43.5 Å². The molecule has 1 saturated heterocycles. The van der Waals surface area contributed by atoms with Crippen molar-refractivity contribution in [2.45, 2.75) is 44.2 Å². The van der Waals surface area contributed by atoms with E-state index in [4.69, 9.17) is 9.72 Å². The first-order valence-corrected chi connectivity index (χ1v) is 14.5. The molecule has 1 atom stereocenters. The number of benzene rings is 2. The van der Waals surface area contributed by atoms with Crippen molar-refractivity contribution in [2.75, 3.05) is 31.6 Å². The molecule has 2 aromatic heterocycles. The van der Waals surface area contributed by atoms with Crippen molar-refractivity contribution < 1.29 is 27.1 Å². The molecular formula is C32H28F4N6O2. The molecule has 0 bridgehead atoms. The van der Waals surface area contributed by atoms with E-state index in [1.54, 1.807) is 24.4 Å². The third kappa shape index (κ3) is 4.95. The topological polar surface area (TPSA) is 87.3 Å². The molecule has 0 radical (unpaired) electrons. The standard InChI is InChI=1S/C32H28F4N6O2/c1-40-8-6-21(7-9-40)42-31-23(15-38-42)30(22(14-37)26(39-31)12-20-13-32(20,35)36)19-3-5-27-28(11-19)44-17-29(43)41(27)16-18-2-4-24(33)25(34)10-18/h2-5,10-11,15,20-21H,6-9,12-13,16-17H2,1H3. The predicted molar refractivity (Wildman–Crippen MR) is 153 cm³/mol. The van der Waals surface area contributed by atoms with Crippen LogP contribution < -0.4 is 9.64 Å². The van der Waals surface area contributed by atoms with Gasteiger partial charge in [-0.05, 0) is 74.8 Å². The number of carbonyl (C=O) groups excluding carboxylic acids is 1. The van der Waals surface area contributed by atoms with Gasteiger partial charge >= 0.3 is 0 Å². The molecule has 44 heavy (non-hydrogen) atoms. The molecule has 2 aromatic carbocycles. The van der Waals surface area contributed by atoms with Gasteiger partial charge in [-0.3, -0.25) is 4.79 Å². The van der Waals surface area contributed by atoms with Crippen LogP contribution in [0.2, 0.25) is 0 Å². The van der Waals surface area contributed by atoms with Crippen molar-refractivity contribution in [3.63, 3.8) is 0 Å². The Kier molecular flexibility index (Phi) is 6.81. The Morgan fingerprint density at radius 1 is 1.11 bits per heavy atom. The highest BCUT2D eigenvalue weighted by molar-refractivity contribution is 6.00. The highest BCUT2D eigenvalue weighted by Gasteiger charge is 2.56. The largest absolute Gasteiger partial charge is 0.482 e. The summed E-state index contributed by atoms with van der Waals surface area (Å²) >= 11 is 0. The van der Waals surface area contributed by atoms with Gasteiger partial charge in [0.1, 0.15) is 11.8 Å². The summed E-state index contributed by atoms with van der Waals surface area (Å²) in [5, 5.41) is 15.6. The Hall–Kier alpha value is -4.50. The first-order chi connectivity index (χ1) is 21.1. The number of hydrogen-bond donors (Lipinski definition) is 0. The lowest BCUT2D eigenvalue weighted by molar-refractivity contribution is -0.121. The summed E-state index contributed by atoms with van der Waals surface area (Å²) in [6.07, 6.45) is 3.11. The second-order valence-corrected chi connectivity index (χ2v) is 11.8. The summed E-state index contributed by atoms with van der Waals surface area (Å²) in [5.74, 6) is -5.64. The van der Waals surface area contributed by atoms with Crippen molar-refractivity contribution in [1.29, 1.82) is 5.26 Å². The number of ether oxygens (including phenoxy) is 1. The zero-order chi connectivity index (χ0) is 30.7. The average molecular weight is 605 g/mol. The van der Waals surface area contributed by atoms with E-state index in [1.807, 2.05) is 4.68 Å². The number of piperidine rings is 1. The van der Waals surface area contributed by atoms with E-state index in [1.165, 1.54) is 11.0 Å². The van der Waals surface area contributed by atoms with Crippen LogP contribution in [0.25, 0.3) is 22.2 Å². The maximum Gasteiger partial charge on any atom is 0.265 e. The van der Waals surface area contributed by atoms with Gasteiger partial charge in [-0.15, -0.1) is 0 Å². The van der Waals surface area contributed by atoms with E-state index < -0.39 is 23.5 Å². The maximum atomic E-state index is 14.0. The number of fused-ring (bicyclic) bond motifs is 2. The molecule has 1 amide bonds. The van der Waals surface area contributed by atoms with Gasteiger partial charge in [0.05, 0.1) is 35.7 Å². The fraction of sp³-hybridized carbons (Fsp3) is 0.375. The number of pyridine rings is 1. The second kappa shape index (κ2) is 10.6. The van der Waals surface area contributed by atoms with Crippen molar-refractivity contribution in [3.8, 4) is 22.9 Å². The van der Waals surface area contributed by atoms with E-state index in [9.17, 15) is 27.6 Å². The first-order valence-electron chi connectivity index (χ1n) is 14.5. The SMILES string of the molecule is CN1CCC(n2ncc3c(-c4ccc5c(c4)OCC(=O)N5Cc4ccc(F)c(F)c4)c(C#N)c(CC4CC4(F)F)nc32)CC1. The summed E-state index contributed by atoms with van der Waals surface area (Å²) in [4.78, 5) is 21.3. The molecule has 4 heterocycles. The van der Waals surface area contributed by atoms with Crippen molar-refractivity contribution in [2.24, 2.45) is 5.92 Å². The molecule has 7 rings (SSSR count). The minimum Gasteiger partial charge on any atom is -0.482 e. The fourth-order valence-corrected chi connectivity index (χ4v) is 6.26. The van der Waals surface area contributed by atoms with Crippen LogP contribution in [-0.4, -0.2) is 58.2 Å².